The van der Waals surface area contributed by atoms with Crippen molar-refractivity contribution < 1.29 is 23.9 Å². The van der Waals surface area contributed by atoms with Gasteiger partial charge in [-0.25, -0.2) is 4.79 Å². The Morgan fingerprint density at radius 2 is 1.47 bits per heavy atom. The molecular weight excluding hydrogens is 399 g/mol. The Morgan fingerprint density at radius 1 is 0.933 bits per heavy atom. The summed E-state index contributed by atoms with van der Waals surface area (Å²) in [5, 5.41) is -0.533. The molecule has 0 aromatic carbocycles. The molecule has 0 rings (SSSR count). The molecule has 0 aliphatic heterocycles. The molecule has 0 saturated heterocycles. The normalized spacial score (nSPS) is 14.5. The van der Waals surface area contributed by atoms with Crippen LogP contribution in [0.3, 0.4) is 0 Å². The number of hydrogen-bond acceptors (Lipinski definition) is 3. The van der Waals surface area contributed by atoms with Crippen LogP contribution in [0.5, 0.6) is 0 Å². The van der Waals surface area contributed by atoms with Crippen LogP contribution in [0, 0.1) is 5.92 Å². The number of carbonyl (C=O) groups is 1. The molecule has 0 fully saturated rings. The van der Waals surface area contributed by atoms with Gasteiger partial charge in [0.2, 0.25) is 0 Å². The Morgan fingerprint density at radius 3 is 1.97 bits per heavy atom. The monoisotopic (exact) mass is 440 g/mol. The van der Waals surface area contributed by atoms with Crippen molar-refractivity contribution in [2.24, 2.45) is 5.92 Å². The predicted molar refractivity (Wildman–Crippen MR) is 125 cm³/mol. The Balaban J connectivity index is 4.44. The number of carbonyl (C=O) groups excluding carboxylic acids is 1. The smallest absolute Gasteiger partial charge is 0.363 e. The third-order valence-electron chi connectivity index (χ3n) is 4.79. The fourth-order valence-corrected chi connectivity index (χ4v) is 3.56. The molecule has 0 saturated carbocycles. The minimum Gasteiger partial charge on any atom is -0.462 e. The first-order chi connectivity index (χ1) is 14.0. The highest BCUT2D eigenvalue weighted by Gasteiger charge is 2.29. The third-order valence-corrected chi connectivity index (χ3v) is 5.78. The SMILES string of the molecule is CCOC(=O)/C(=C\CC(C)CCC=C(C)CCC=C(C)CCC=C(C)C)P(=O)(O)O. The number of ether oxygens (including phenoxy) is 1. The first kappa shape index (κ1) is 28.6. The summed E-state index contributed by atoms with van der Waals surface area (Å²) in [7, 11) is -4.63. The molecule has 0 aliphatic rings. The minimum atomic E-state index is -4.63. The van der Waals surface area contributed by atoms with Gasteiger partial charge in [-0.05, 0) is 85.5 Å². The maximum absolute atomic E-state index is 11.7. The average molecular weight is 441 g/mol. The van der Waals surface area contributed by atoms with Crippen LogP contribution in [0.2, 0.25) is 0 Å². The molecule has 30 heavy (non-hydrogen) atoms. The van der Waals surface area contributed by atoms with Gasteiger partial charge >= 0.3 is 13.6 Å². The van der Waals surface area contributed by atoms with Crippen LogP contribution in [-0.4, -0.2) is 22.4 Å². The van der Waals surface area contributed by atoms with E-state index >= 15 is 0 Å². The molecule has 0 aromatic rings. The van der Waals surface area contributed by atoms with Crippen LogP contribution < -0.4 is 0 Å². The lowest BCUT2D eigenvalue weighted by Gasteiger charge is -2.11. The number of esters is 1. The lowest BCUT2D eigenvalue weighted by molar-refractivity contribution is -0.137. The van der Waals surface area contributed by atoms with Crippen molar-refractivity contribution in [2.45, 2.75) is 86.5 Å². The van der Waals surface area contributed by atoms with Gasteiger partial charge < -0.3 is 14.5 Å². The average Bonchev–Trinajstić information content (AvgIpc) is 2.60. The van der Waals surface area contributed by atoms with Crippen molar-refractivity contribution in [3.05, 3.63) is 46.3 Å². The molecule has 0 amide bonds. The second-order valence-electron chi connectivity index (χ2n) is 8.23. The zero-order valence-corrected chi connectivity index (χ0v) is 20.5. The van der Waals surface area contributed by atoms with Crippen molar-refractivity contribution in [3.8, 4) is 0 Å². The highest BCUT2D eigenvalue weighted by Crippen LogP contribution is 2.45. The van der Waals surface area contributed by atoms with Gasteiger partial charge in [-0.15, -0.1) is 0 Å². The molecule has 172 valence electrons. The van der Waals surface area contributed by atoms with Crippen molar-refractivity contribution in [1.82, 2.24) is 0 Å². The quantitative estimate of drug-likeness (QED) is 0.134. The molecule has 5 nitrogen and oxygen atoms in total. The minimum absolute atomic E-state index is 0.0833. The van der Waals surface area contributed by atoms with Crippen LogP contribution in [0.15, 0.2) is 46.3 Å². The third kappa shape index (κ3) is 14.5. The lowest BCUT2D eigenvalue weighted by Crippen LogP contribution is -2.08. The summed E-state index contributed by atoms with van der Waals surface area (Å²) in [5.74, 6) is -0.722. The van der Waals surface area contributed by atoms with Crippen molar-refractivity contribution in [2.75, 3.05) is 6.61 Å². The summed E-state index contributed by atoms with van der Waals surface area (Å²) in [6.07, 6.45) is 14.7. The van der Waals surface area contributed by atoms with E-state index in [4.69, 9.17) is 4.74 Å². The van der Waals surface area contributed by atoms with E-state index in [1.165, 1.54) is 22.8 Å². The van der Waals surface area contributed by atoms with Gasteiger partial charge in [0.05, 0.1) is 6.61 Å². The van der Waals surface area contributed by atoms with Crippen molar-refractivity contribution in [1.29, 1.82) is 0 Å². The van der Waals surface area contributed by atoms with Crippen molar-refractivity contribution in [3.63, 3.8) is 0 Å². The standard InChI is InChI=1S/C24H41O5P/c1-7-29-24(25)23(30(26,27)28)18-17-22(6)16-10-15-21(5)14-9-13-20(4)12-8-11-19(2)3/h11,13,15,18,22H,7-10,12,14,16-17H2,1-6H3,(H2,26,27,28)/b20-13?,21-15?,23-18+. The van der Waals surface area contributed by atoms with Crippen LogP contribution in [0.4, 0.5) is 0 Å². The first-order valence-corrected chi connectivity index (χ1v) is 12.5. The van der Waals surface area contributed by atoms with E-state index < -0.39 is 18.9 Å². The fourth-order valence-electron chi connectivity index (χ4n) is 2.91. The maximum atomic E-state index is 11.7. The van der Waals surface area contributed by atoms with Gasteiger partial charge in [0, 0.05) is 0 Å². The fraction of sp³-hybridized carbons (Fsp3) is 0.625. The molecule has 0 heterocycles. The molecule has 1 unspecified atom stereocenters. The Kier molecular flexibility index (Phi) is 14.7. The lowest BCUT2D eigenvalue weighted by atomic mass is 9.99. The van der Waals surface area contributed by atoms with Crippen LogP contribution >= 0.6 is 7.60 Å². The summed E-state index contributed by atoms with van der Waals surface area (Å²) in [5.41, 5.74) is 4.15. The zero-order valence-electron chi connectivity index (χ0n) is 19.6. The number of allylic oxidation sites excluding steroid dienone is 7. The van der Waals surface area contributed by atoms with E-state index in [2.05, 4.69) is 45.9 Å². The van der Waals surface area contributed by atoms with Gasteiger partial charge in [0.15, 0.2) is 0 Å². The van der Waals surface area contributed by atoms with Gasteiger partial charge in [-0.2, -0.15) is 0 Å². The summed E-state index contributed by atoms with van der Waals surface area (Å²) in [4.78, 5) is 30.5. The van der Waals surface area contributed by atoms with Crippen LogP contribution in [0.25, 0.3) is 0 Å². The van der Waals surface area contributed by atoms with Gasteiger partial charge in [-0.1, -0.05) is 47.9 Å². The largest absolute Gasteiger partial charge is 0.462 e. The molecule has 0 spiro atoms. The Labute approximate surface area is 183 Å². The maximum Gasteiger partial charge on any atom is 0.363 e. The van der Waals surface area contributed by atoms with Crippen LogP contribution in [0.1, 0.15) is 86.5 Å². The highest BCUT2D eigenvalue weighted by molar-refractivity contribution is 7.58. The van der Waals surface area contributed by atoms with Crippen molar-refractivity contribution >= 4 is 13.6 Å². The second kappa shape index (κ2) is 15.4. The molecule has 0 aliphatic carbocycles. The van der Waals surface area contributed by atoms with E-state index in [1.807, 2.05) is 6.92 Å². The molecule has 0 aromatic heterocycles. The second-order valence-corrected chi connectivity index (χ2v) is 9.80. The van der Waals surface area contributed by atoms with Gasteiger partial charge in [0.25, 0.3) is 0 Å². The van der Waals surface area contributed by atoms with Gasteiger partial charge in [0.1, 0.15) is 5.31 Å². The zero-order chi connectivity index (χ0) is 23.2. The van der Waals surface area contributed by atoms with E-state index in [0.29, 0.717) is 6.42 Å². The highest BCUT2D eigenvalue weighted by atomic mass is 31.2. The molecule has 2 N–H and O–H groups in total. The summed E-state index contributed by atoms with van der Waals surface area (Å²) < 4.78 is 16.3. The Hall–Kier alpha value is -1.42. The van der Waals surface area contributed by atoms with Gasteiger partial charge in [-0.3, -0.25) is 4.57 Å². The summed E-state index contributed by atoms with van der Waals surface area (Å²) in [6.45, 7) is 12.3. The molecule has 6 heteroatoms. The Bertz CT molecular complexity index is 690. The van der Waals surface area contributed by atoms with E-state index in [0.717, 1.165) is 38.5 Å². The summed E-state index contributed by atoms with van der Waals surface area (Å²) in [6, 6.07) is 0. The van der Waals surface area contributed by atoms with Crippen LogP contribution in [-0.2, 0) is 14.1 Å². The van der Waals surface area contributed by atoms with E-state index in [1.54, 1.807) is 6.92 Å². The van der Waals surface area contributed by atoms with E-state index in [-0.39, 0.29) is 12.5 Å². The molecular formula is C24H41O5P. The van der Waals surface area contributed by atoms with E-state index in [9.17, 15) is 19.1 Å². The topological polar surface area (TPSA) is 83.8 Å². The first-order valence-electron chi connectivity index (χ1n) is 10.8. The number of rotatable bonds is 14. The number of hydrogen-bond donors (Lipinski definition) is 2. The molecule has 0 radical (unpaired) electrons. The predicted octanol–water partition coefficient (Wildman–Crippen LogP) is 6.84. The molecule has 1 atom stereocenters. The molecule has 0 bridgehead atoms. The summed E-state index contributed by atoms with van der Waals surface area (Å²) >= 11 is 0.